The number of carboxylic acids is 1. The number of carbonyl (C=O) groups is 3. The minimum Gasteiger partial charge on any atom is -0.481 e. The van der Waals surface area contributed by atoms with Crippen LogP contribution >= 0.6 is 0 Å². The molecular weight excluding hydrogens is 474 g/mol. The van der Waals surface area contributed by atoms with Gasteiger partial charge in [-0.15, -0.1) is 0 Å². The average Bonchev–Trinajstić information content (AvgIpc) is 3.27. The van der Waals surface area contributed by atoms with E-state index >= 15 is 0 Å². The molecule has 1 aromatic heterocycles. The second kappa shape index (κ2) is 9.31. The van der Waals surface area contributed by atoms with Crippen LogP contribution in [0.5, 0.6) is 0 Å². The van der Waals surface area contributed by atoms with Crippen molar-refractivity contribution in [2.75, 3.05) is 19.6 Å². The average molecular weight is 510 g/mol. The van der Waals surface area contributed by atoms with Gasteiger partial charge in [-0.2, -0.15) is 0 Å². The minimum absolute atomic E-state index is 0.0835. The van der Waals surface area contributed by atoms with E-state index in [1.807, 2.05) is 22.8 Å². The largest absolute Gasteiger partial charge is 0.481 e. The molecule has 7 rings (SSSR count). The van der Waals surface area contributed by atoms with Crippen molar-refractivity contribution in [2.24, 2.45) is 23.7 Å². The highest BCUT2D eigenvalue weighted by molar-refractivity contribution is 5.97. The Morgan fingerprint density at radius 2 is 1.81 bits per heavy atom. The molecule has 1 aromatic carbocycles. The highest BCUT2D eigenvalue weighted by atomic mass is 16.4. The highest BCUT2D eigenvalue weighted by Crippen LogP contribution is 2.55. The fourth-order valence-electron chi connectivity index (χ4n) is 7.56. The van der Waals surface area contributed by atoms with Crippen LogP contribution in [0.3, 0.4) is 0 Å². The number of urea groups is 1. The first-order valence-electron chi connectivity index (χ1n) is 13.5. The van der Waals surface area contributed by atoms with Crippen LogP contribution in [0.4, 0.5) is 4.79 Å². The Labute approximate surface area is 215 Å². The van der Waals surface area contributed by atoms with Gasteiger partial charge in [0.05, 0.1) is 28.9 Å². The molecule has 1 aliphatic heterocycles. The van der Waals surface area contributed by atoms with E-state index in [4.69, 9.17) is 5.11 Å². The minimum atomic E-state index is -0.792. The lowest BCUT2D eigenvalue weighted by Crippen LogP contribution is -2.61. The molecule has 4 N–H and O–H groups in total. The number of hydrogen-bond acceptors (Lipinski definition) is 5. The molecule has 3 amide bonds. The zero-order valence-electron chi connectivity index (χ0n) is 20.9. The van der Waals surface area contributed by atoms with Gasteiger partial charge in [0, 0.05) is 37.8 Å². The highest BCUT2D eigenvalue weighted by Gasteiger charge is 2.55. The Kier molecular flexibility index (Phi) is 6.09. The second-order valence-electron chi connectivity index (χ2n) is 11.7. The molecule has 0 unspecified atom stereocenters. The van der Waals surface area contributed by atoms with E-state index < -0.39 is 11.6 Å². The van der Waals surface area contributed by atoms with Gasteiger partial charge >= 0.3 is 12.0 Å². The number of likely N-dealkylation sites (tertiary alicyclic amines) is 1. The van der Waals surface area contributed by atoms with Crippen molar-refractivity contribution in [1.82, 2.24) is 25.1 Å². The Balaban J connectivity index is 1.03. The SMILES string of the molecule is O=C(NC1[C@H]2CC3C[C@H]1CC(O)(C3)C2)c1ccc2c(c1)ncn2CCNC(=O)N1CCC(C(=O)O)CC1. The first-order valence-corrected chi connectivity index (χ1v) is 13.5. The summed E-state index contributed by atoms with van der Waals surface area (Å²) < 4.78 is 1.95. The molecule has 5 fully saturated rings. The van der Waals surface area contributed by atoms with Crippen LogP contribution in [-0.4, -0.2) is 73.8 Å². The van der Waals surface area contributed by atoms with Gasteiger partial charge in [-0.05, 0) is 80.9 Å². The number of carbonyl (C=O) groups excluding carboxylic acids is 2. The van der Waals surface area contributed by atoms with Crippen LogP contribution in [0.2, 0.25) is 0 Å². The number of benzene rings is 1. The molecular formula is C27H35N5O5. The molecule has 4 aliphatic carbocycles. The molecule has 2 heterocycles. The monoisotopic (exact) mass is 509 g/mol. The molecule has 2 aromatic rings. The smallest absolute Gasteiger partial charge is 0.317 e. The lowest BCUT2D eigenvalue weighted by molar-refractivity contribution is -0.143. The Morgan fingerprint density at radius 1 is 1.08 bits per heavy atom. The first kappa shape index (κ1) is 24.2. The molecule has 10 heteroatoms. The predicted molar refractivity (Wildman–Crippen MR) is 135 cm³/mol. The molecule has 1 saturated heterocycles. The van der Waals surface area contributed by atoms with Crippen LogP contribution < -0.4 is 10.6 Å². The Bertz CT molecular complexity index is 1200. The summed E-state index contributed by atoms with van der Waals surface area (Å²) in [5, 5.41) is 26.1. The summed E-state index contributed by atoms with van der Waals surface area (Å²) in [5.41, 5.74) is 1.70. The number of amides is 3. The molecule has 198 valence electrons. The van der Waals surface area contributed by atoms with Crippen molar-refractivity contribution in [3.8, 4) is 0 Å². The quantitative estimate of drug-likeness (QED) is 0.471. The topological polar surface area (TPSA) is 137 Å². The number of rotatable bonds is 6. The third kappa shape index (κ3) is 4.67. The fourth-order valence-corrected chi connectivity index (χ4v) is 7.56. The van der Waals surface area contributed by atoms with Crippen LogP contribution in [0.25, 0.3) is 11.0 Å². The summed E-state index contributed by atoms with van der Waals surface area (Å²) >= 11 is 0. The van der Waals surface area contributed by atoms with Crippen molar-refractivity contribution in [3.05, 3.63) is 30.1 Å². The number of aliphatic carboxylic acids is 1. The second-order valence-corrected chi connectivity index (χ2v) is 11.7. The van der Waals surface area contributed by atoms with Gasteiger partial charge in [0.2, 0.25) is 0 Å². The summed E-state index contributed by atoms with van der Waals surface area (Å²) in [6, 6.07) is 5.50. The van der Waals surface area contributed by atoms with Crippen molar-refractivity contribution in [3.63, 3.8) is 0 Å². The summed E-state index contributed by atoms with van der Waals surface area (Å²) in [7, 11) is 0. The number of imidazole rings is 1. The lowest BCUT2D eigenvalue weighted by atomic mass is 9.52. The van der Waals surface area contributed by atoms with Crippen LogP contribution in [0.15, 0.2) is 24.5 Å². The van der Waals surface area contributed by atoms with Gasteiger partial charge < -0.3 is 30.3 Å². The van der Waals surface area contributed by atoms with E-state index in [9.17, 15) is 19.5 Å². The molecule has 4 bridgehead atoms. The Hall–Kier alpha value is -3.14. The number of nitrogens with zero attached hydrogens (tertiary/aromatic N) is 3. The molecule has 10 nitrogen and oxygen atoms in total. The Morgan fingerprint density at radius 3 is 2.49 bits per heavy atom. The van der Waals surface area contributed by atoms with E-state index in [1.54, 1.807) is 11.2 Å². The standard InChI is InChI=1S/C27H35N5O5/c33-24(30-23-19-9-16-10-20(23)14-27(37,12-16)13-19)18-1-2-22-21(11-18)29-15-32(22)8-5-28-26(36)31-6-3-17(4-7-31)25(34)35/h1-2,11,15-17,19-20,23,37H,3-10,12-14H2,(H,28,36)(H,30,33)(H,34,35)/t16?,19-,20-,23?,27?/m0/s1. The number of nitrogens with one attached hydrogen (secondary N) is 2. The summed E-state index contributed by atoms with van der Waals surface area (Å²) in [6.07, 6.45) is 7.40. The third-order valence-electron chi connectivity index (χ3n) is 9.18. The van der Waals surface area contributed by atoms with E-state index in [2.05, 4.69) is 15.6 Å². The number of hydrogen-bond donors (Lipinski definition) is 4. The number of aromatic nitrogens is 2. The molecule has 0 spiro atoms. The molecule has 2 atom stereocenters. The summed E-state index contributed by atoms with van der Waals surface area (Å²) in [4.78, 5) is 42.8. The van der Waals surface area contributed by atoms with E-state index in [0.29, 0.717) is 62.3 Å². The molecule has 4 saturated carbocycles. The van der Waals surface area contributed by atoms with Crippen molar-refractivity contribution in [1.29, 1.82) is 0 Å². The molecule has 0 radical (unpaired) electrons. The number of aliphatic hydroxyl groups is 1. The fraction of sp³-hybridized carbons (Fsp3) is 0.630. The lowest BCUT2D eigenvalue weighted by Gasteiger charge is -2.58. The predicted octanol–water partition coefficient (Wildman–Crippen LogP) is 2.21. The number of fused-ring (bicyclic) bond motifs is 1. The third-order valence-corrected chi connectivity index (χ3v) is 9.18. The summed E-state index contributed by atoms with van der Waals surface area (Å²) in [6.45, 7) is 1.86. The maximum Gasteiger partial charge on any atom is 0.317 e. The van der Waals surface area contributed by atoms with Gasteiger partial charge in [0.1, 0.15) is 0 Å². The number of piperidine rings is 1. The number of carboxylic acid groups (broad SMARTS) is 1. The van der Waals surface area contributed by atoms with Gasteiger partial charge in [-0.3, -0.25) is 9.59 Å². The van der Waals surface area contributed by atoms with Crippen molar-refractivity contribution in [2.45, 2.75) is 63.1 Å². The maximum absolute atomic E-state index is 13.1. The first-order chi connectivity index (χ1) is 17.8. The van der Waals surface area contributed by atoms with Crippen LogP contribution in [-0.2, 0) is 11.3 Å². The van der Waals surface area contributed by atoms with Crippen LogP contribution in [0, 0.1) is 23.7 Å². The van der Waals surface area contributed by atoms with Crippen LogP contribution in [0.1, 0.15) is 55.3 Å². The van der Waals surface area contributed by atoms with E-state index in [-0.39, 0.29) is 23.9 Å². The van der Waals surface area contributed by atoms with Crippen molar-refractivity contribution < 1.29 is 24.6 Å². The normalized spacial score (nSPS) is 31.0. The van der Waals surface area contributed by atoms with Crippen molar-refractivity contribution >= 4 is 28.9 Å². The molecule has 5 aliphatic rings. The molecule has 37 heavy (non-hydrogen) atoms. The summed E-state index contributed by atoms with van der Waals surface area (Å²) in [5.74, 6) is 0.0856. The zero-order chi connectivity index (χ0) is 25.7. The van der Waals surface area contributed by atoms with Gasteiger partial charge in [-0.25, -0.2) is 9.78 Å². The van der Waals surface area contributed by atoms with Gasteiger partial charge in [0.25, 0.3) is 5.91 Å². The zero-order valence-corrected chi connectivity index (χ0v) is 20.9. The maximum atomic E-state index is 13.1. The van der Waals surface area contributed by atoms with Gasteiger partial charge in [-0.1, -0.05) is 0 Å². The van der Waals surface area contributed by atoms with Gasteiger partial charge in [0.15, 0.2) is 0 Å². The van der Waals surface area contributed by atoms with E-state index in [0.717, 1.165) is 43.1 Å². The van der Waals surface area contributed by atoms with E-state index in [1.165, 1.54) is 0 Å².